The van der Waals surface area contributed by atoms with E-state index in [2.05, 4.69) is 65.4 Å². The number of ether oxygens (including phenoxy) is 1. The van der Waals surface area contributed by atoms with Gasteiger partial charge in [-0.2, -0.15) is 0 Å². The summed E-state index contributed by atoms with van der Waals surface area (Å²) in [6.07, 6.45) is 3.67. The molecule has 4 heteroatoms. The van der Waals surface area contributed by atoms with Gasteiger partial charge in [-0.1, -0.05) is 22.9 Å². The highest BCUT2D eigenvalue weighted by Crippen LogP contribution is 2.30. The Bertz CT molecular complexity index is 423. The van der Waals surface area contributed by atoms with Gasteiger partial charge in [-0.15, -0.1) is 0 Å². The van der Waals surface area contributed by atoms with Crippen molar-refractivity contribution >= 4 is 27.3 Å². The summed E-state index contributed by atoms with van der Waals surface area (Å²) >= 11 is 3.55. The maximum Gasteiger partial charge on any atom is 0.0597 e. The van der Waals surface area contributed by atoms with Crippen LogP contribution in [0.25, 0.3) is 0 Å². The van der Waals surface area contributed by atoms with Gasteiger partial charge in [0, 0.05) is 31.2 Å². The van der Waals surface area contributed by atoms with Crippen molar-refractivity contribution in [3.05, 3.63) is 22.7 Å². The molecule has 1 aliphatic rings. The zero-order valence-corrected chi connectivity index (χ0v) is 13.5. The summed E-state index contributed by atoms with van der Waals surface area (Å²) in [5.41, 5.74) is 2.42. The first-order chi connectivity index (χ1) is 9.10. The SMILES string of the molecule is CCC1CC(Nc2cc(Br)ccc2N(C)C)CCO1. The normalized spacial score (nSPS) is 23.2. The van der Waals surface area contributed by atoms with Crippen molar-refractivity contribution in [3.8, 4) is 0 Å². The number of anilines is 2. The highest BCUT2D eigenvalue weighted by atomic mass is 79.9. The quantitative estimate of drug-likeness (QED) is 0.908. The largest absolute Gasteiger partial charge is 0.380 e. The standard InChI is InChI=1S/C15H23BrN2O/c1-4-13-10-12(7-8-19-13)17-14-9-11(16)5-6-15(14)18(2)3/h5-6,9,12-13,17H,4,7-8,10H2,1-3H3. The Morgan fingerprint density at radius 3 is 2.89 bits per heavy atom. The topological polar surface area (TPSA) is 24.5 Å². The molecule has 1 fully saturated rings. The van der Waals surface area contributed by atoms with Crippen LogP contribution in [0.1, 0.15) is 26.2 Å². The second kappa shape index (κ2) is 6.62. The predicted octanol–water partition coefficient (Wildman–Crippen LogP) is 3.88. The van der Waals surface area contributed by atoms with E-state index in [0.717, 1.165) is 30.3 Å². The van der Waals surface area contributed by atoms with Crippen molar-refractivity contribution in [1.82, 2.24) is 0 Å². The Kier molecular flexibility index (Phi) is 5.11. The third-order valence-corrected chi connectivity index (χ3v) is 4.12. The number of hydrogen-bond donors (Lipinski definition) is 1. The molecule has 0 amide bonds. The monoisotopic (exact) mass is 326 g/mol. The fourth-order valence-corrected chi connectivity index (χ4v) is 2.89. The summed E-state index contributed by atoms with van der Waals surface area (Å²) in [7, 11) is 4.15. The van der Waals surface area contributed by atoms with Crippen LogP contribution in [0.2, 0.25) is 0 Å². The van der Waals surface area contributed by atoms with E-state index in [9.17, 15) is 0 Å². The molecule has 3 nitrogen and oxygen atoms in total. The molecule has 1 aromatic rings. The van der Waals surface area contributed by atoms with Gasteiger partial charge >= 0.3 is 0 Å². The third-order valence-electron chi connectivity index (χ3n) is 3.62. The average molecular weight is 327 g/mol. The van der Waals surface area contributed by atoms with E-state index < -0.39 is 0 Å². The highest BCUT2D eigenvalue weighted by molar-refractivity contribution is 9.10. The van der Waals surface area contributed by atoms with Gasteiger partial charge < -0.3 is 15.0 Å². The van der Waals surface area contributed by atoms with Crippen LogP contribution in [-0.2, 0) is 4.74 Å². The number of hydrogen-bond acceptors (Lipinski definition) is 3. The molecule has 0 aromatic heterocycles. The van der Waals surface area contributed by atoms with E-state index >= 15 is 0 Å². The van der Waals surface area contributed by atoms with Crippen molar-refractivity contribution in [2.75, 3.05) is 30.9 Å². The van der Waals surface area contributed by atoms with E-state index in [0.29, 0.717) is 12.1 Å². The Balaban J connectivity index is 2.11. The lowest BCUT2D eigenvalue weighted by atomic mass is 10.0. The molecule has 1 aromatic carbocycles. The van der Waals surface area contributed by atoms with E-state index in [1.807, 2.05) is 0 Å². The fraction of sp³-hybridized carbons (Fsp3) is 0.600. The number of benzene rings is 1. The molecule has 2 rings (SSSR count). The van der Waals surface area contributed by atoms with Crippen LogP contribution in [0.3, 0.4) is 0 Å². The number of nitrogens with one attached hydrogen (secondary N) is 1. The number of nitrogens with zero attached hydrogens (tertiary/aromatic N) is 1. The molecule has 0 radical (unpaired) electrons. The van der Waals surface area contributed by atoms with Gasteiger partial charge in [-0.05, 0) is 37.5 Å². The minimum absolute atomic E-state index is 0.404. The molecule has 1 N–H and O–H groups in total. The van der Waals surface area contributed by atoms with Crippen LogP contribution < -0.4 is 10.2 Å². The fourth-order valence-electron chi connectivity index (χ4n) is 2.53. The second-order valence-electron chi connectivity index (χ2n) is 5.32. The summed E-state index contributed by atoms with van der Waals surface area (Å²) < 4.78 is 6.85. The lowest BCUT2D eigenvalue weighted by Crippen LogP contribution is -2.34. The van der Waals surface area contributed by atoms with Crippen LogP contribution in [0.15, 0.2) is 22.7 Å². The maximum atomic E-state index is 5.74. The van der Waals surface area contributed by atoms with Gasteiger partial charge in [0.2, 0.25) is 0 Å². The molecule has 0 spiro atoms. The molecule has 1 aliphatic heterocycles. The predicted molar refractivity (Wildman–Crippen MR) is 85.1 cm³/mol. The summed E-state index contributed by atoms with van der Waals surface area (Å²) in [6.45, 7) is 3.05. The number of halogens is 1. The summed E-state index contributed by atoms with van der Waals surface area (Å²) in [6, 6.07) is 6.89. The summed E-state index contributed by atoms with van der Waals surface area (Å²) in [5, 5.41) is 3.68. The van der Waals surface area contributed by atoms with Crippen LogP contribution in [-0.4, -0.2) is 32.8 Å². The minimum atomic E-state index is 0.404. The lowest BCUT2D eigenvalue weighted by molar-refractivity contribution is 0.00926. The maximum absolute atomic E-state index is 5.74. The highest BCUT2D eigenvalue weighted by Gasteiger charge is 2.22. The Morgan fingerprint density at radius 2 is 2.21 bits per heavy atom. The molecule has 1 heterocycles. The van der Waals surface area contributed by atoms with Crippen molar-refractivity contribution in [2.45, 2.75) is 38.3 Å². The summed E-state index contributed by atoms with van der Waals surface area (Å²) in [4.78, 5) is 2.14. The molecular weight excluding hydrogens is 304 g/mol. The average Bonchev–Trinajstić information content (AvgIpc) is 2.38. The van der Waals surface area contributed by atoms with Crippen LogP contribution in [0, 0.1) is 0 Å². The minimum Gasteiger partial charge on any atom is -0.380 e. The van der Waals surface area contributed by atoms with E-state index in [4.69, 9.17) is 4.74 Å². The third kappa shape index (κ3) is 3.86. The Morgan fingerprint density at radius 1 is 1.42 bits per heavy atom. The van der Waals surface area contributed by atoms with Gasteiger partial charge in [0.05, 0.1) is 17.5 Å². The van der Waals surface area contributed by atoms with Crippen molar-refractivity contribution in [1.29, 1.82) is 0 Å². The first kappa shape index (κ1) is 14.7. The van der Waals surface area contributed by atoms with Crippen LogP contribution >= 0.6 is 15.9 Å². The second-order valence-corrected chi connectivity index (χ2v) is 6.24. The van der Waals surface area contributed by atoms with Gasteiger partial charge in [-0.25, -0.2) is 0 Å². The van der Waals surface area contributed by atoms with Gasteiger partial charge in [0.1, 0.15) is 0 Å². The Hall–Kier alpha value is -0.740. The molecule has 0 saturated carbocycles. The van der Waals surface area contributed by atoms with Gasteiger partial charge in [0.15, 0.2) is 0 Å². The van der Waals surface area contributed by atoms with Gasteiger partial charge in [-0.3, -0.25) is 0 Å². The van der Waals surface area contributed by atoms with Crippen LogP contribution in [0.5, 0.6) is 0 Å². The molecule has 106 valence electrons. The van der Waals surface area contributed by atoms with Crippen LogP contribution in [0.4, 0.5) is 11.4 Å². The van der Waals surface area contributed by atoms with Crippen molar-refractivity contribution in [2.24, 2.45) is 0 Å². The molecule has 1 saturated heterocycles. The molecule has 0 bridgehead atoms. The smallest absolute Gasteiger partial charge is 0.0597 e. The molecule has 2 unspecified atom stereocenters. The molecule has 0 aliphatic carbocycles. The molecule has 19 heavy (non-hydrogen) atoms. The van der Waals surface area contributed by atoms with E-state index in [1.54, 1.807) is 0 Å². The van der Waals surface area contributed by atoms with Crippen molar-refractivity contribution < 1.29 is 4.74 Å². The first-order valence-corrected chi connectivity index (χ1v) is 7.74. The molecular formula is C15H23BrN2O. The molecule has 2 atom stereocenters. The Labute approximate surface area is 124 Å². The zero-order chi connectivity index (χ0) is 13.8. The van der Waals surface area contributed by atoms with Crippen molar-refractivity contribution in [3.63, 3.8) is 0 Å². The first-order valence-electron chi connectivity index (χ1n) is 6.95. The number of rotatable bonds is 4. The zero-order valence-electron chi connectivity index (χ0n) is 11.9. The lowest BCUT2D eigenvalue weighted by Gasteiger charge is -2.31. The van der Waals surface area contributed by atoms with Gasteiger partial charge in [0.25, 0.3) is 0 Å². The van der Waals surface area contributed by atoms with E-state index in [1.165, 1.54) is 11.4 Å². The van der Waals surface area contributed by atoms with E-state index in [-0.39, 0.29) is 0 Å². The summed E-state index contributed by atoms with van der Waals surface area (Å²) in [5.74, 6) is 0.